The lowest BCUT2D eigenvalue weighted by molar-refractivity contribution is -0.153. The largest absolute Gasteiger partial charge is 0.497 e. The van der Waals surface area contributed by atoms with Crippen molar-refractivity contribution in [2.24, 2.45) is 11.8 Å². The molecule has 9 nitrogen and oxygen atoms in total. The van der Waals surface area contributed by atoms with E-state index in [0.717, 1.165) is 5.56 Å². The van der Waals surface area contributed by atoms with Gasteiger partial charge in [0, 0.05) is 25.3 Å². The van der Waals surface area contributed by atoms with Crippen molar-refractivity contribution in [1.29, 1.82) is 0 Å². The number of hydrogen-bond donors (Lipinski definition) is 1. The fourth-order valence-corrected chi connectivity index (χ4v) is 8.06. The molecule has 0 aromatic heterocycles. The van der Waals surface area contributed by atoms with Crippen molar-refractivity contribution in [2.75, 3.05) is 31.7 Å². The van der Waals surface area contributed by atoms with E-state index in [4.69, 9.17) is 9.47 Å². The standard InChI is InChI=1S/C38H39N3O6/c1-3-37-20-10-22-39(24-26-12-6-4-7-13-26)34(43)31(37)32-35(44)41(30(25-42)27-14-8-5-9-15-27)33-36(45)40(23-11-21-38(32,33)47-37)28-16-18-29(46-2)19-17-28/h4-21,30-33,42H,3,22-25H2,1-2H3/t30-,31+,32+,33?,37-,38+/m1/s1. The van der Waals surface area contributed by atoms with Gasteiger partial charge in [-0.25, -0.2) is 0 Å². The quantitative estimate of drug-likeness (QED) is 0.372. The number of rotatable bonds is 8. The van der Waals surface area contributed by atoms with E-state index in [1.807, 2.05) is 104 Å². The number of fused-ring (bicyclic) bond motifs is 2. The van der Waals surface area contributed by atoms with Gasteiger partial charge in [-0.15, -0.1) is 0 Å². The third-order valence-corrected chi connectivity index (χ3v) is 10.3. The van der Waals surface area contributed by atoms with Crippen LogP contribution in [0.1, 0.15) is 30.5 Å². The molecule has 3 aromatic rings. The Balaban J connectivity index is 1.37. The van der Waals surface area contributed by atoms with Crippen LogP contribution in [0, 0.1) is 11.8 Å². The molecule has 0 saturated carbocycles. The highest BCUT2D eigenvalue weighted by Crippen LogP contribution is 2.60. The molecule has 0 aliphatic carbocycles. The summed E-state index contributed by atoms with van der Waals surface area (Å²) in [7, 11) is 1.58. The second kappa shape index (κ2) is 12.1. The minimum Gasteiger partial charge on any atom is -0.497 e. The van der Waals surface area contributed by atoms with E-state index in [1.54, 1.807) is 29.0 Å². The van der Waals surface area contributed by atoms with Gasteiger partial charge in [0.25, 0.3) is 5.91 Å². The van der Waals surface area contributed by atoms with Crippen LogP contribution in [0.25, 0.3) is 0 Å². The molecule has 6 atom stereocenters. The molecule has 1 unspecified atom stereocenters. The number of carbonyl (C=O) groups is 3. The van der Waals surface area contributed by atoms with Gasteiger partial charge >= 0.3 is 0 Å². The summed E-state index contributed by atoms with van der Waals surface area (Å²) >= 11 is 0. The number of methoxy groups -OCH3 is 1. The van der Waals surface area contributed by atoms with Gasteiger partial charge in [0.05, 0.1) is 37.2 Å². The van der Waals surface area contributed by atoms with Crippen LogP contribution in [0.4, 0.5) is 5.69 Å². The molecule has 47 heavy (non-hydrogen) atoms. The van der Waals surface area contributed by atoms with Gasteiger partial charge in [0.1, 0.15) is 17.4 Å². The lowest BCUT2D eigenvalue weighted by atomic mass is 9.73. The molecule has 2 fully saturated rings. The zero-order valence-electron chi connectivity index (χ0n) is 26.6. The maximum atomic E-state index is 15.1. The number of amides is 3. The number of benzene rings is 3. The number of hydrogen-bond acceptors (Lipinski definition) is 6. The highest BCUT2D eigenvalue weighted by molar-refractivity contribution is 6.06. The van der Waals surface area contributed by atoms with E-state index >= 15 is 4.79 Å². The SMILES string of the molecule is CC[C@@]12C=CCN(Cc3ccccc3)C(=O)[C@@H]1[C@H]1C(=O)N([C@H](CO)c3ccccc3)C3C(=O)N(c4ccc(OC)cc4)CC=C[C@@]31O2. The van der Waals surface area contributed by atoms with Crippen LogP contribution in [-0.2, 0) is 25.7 Å². The predicted molar refractivity (Wildman–Crippen MR) is 176 cm³/mol. The van der Waals surface area contributed by atoms with Crippen LogP contribution in [0.5, 0.6) is 5.75 Å². The molecule has 4 aliphatic rings. The third-order valence-electron chi connectivity index (χ3n) is 10.3. The molecule has 1 spiro atoms. The Kier molecular flexibility index (Phi) is 7.98. The zero-order chi connectivity index (χ0) is 32.8. The molecular formula is C38H39N3O6. The van der Waals surface area contributed by atoms with Gasteiger partial charge in [-0.05, 0) is 41.8 Å². The van der Waals surface area contributed by atoms with Crippen LogP contribution in [0.2, 0.25) is 0 Å². The lowest BCUT2D eigenvalue weighted by Gasteiger charge is -2.41. The summed E-state index contributed by atoms with van der Waals surface area (Å²) < 4.78 is 12.5. The van der Waals surface area contributed by atoms with Crippen molar-refractivity contribution in [3.05, 3.63) is 120 Å². The highest BCUT2D eigenvalue weighted by atomic mass is 16.5. The molecule has 4 heterocycles. The second-order valence-corrected chi connectivity index (χ2v) is 12.6. The Hall–Kier alpha value is -4.73. The number of anilines is 1. The predicted octanol–water partition coefficient (Wildman–Crippen LogP) is 4.29. The number of carbonyl (C=O) groups excluding carboxylic acids is 3. The summed E-state index contributed by atoms with van der Waals surface area (Å²) in [6.07, 6.45) is 8.03. The number of aliphatic hydroxyl groups excluding tert-OH is 1. The third kappa shape index (κ3) is 4.87. The number of ether oxygens (including phenoxy) is 2. The van der Waals surface area contributed by atoms with Crippen molar-refractivity contribution >= 4 is 23.4 Å². The smallest absolute Gasteiger partial charge is 0.253 e. The summed E-state index contributed by atoms with van der Waals surface area (Å²) in [5.41, 5.74) is -0.248. The number of aliphatic hydroxyl groups is 1. The van der Waals surface area contributed by atoms with Crippen molar-refractivity contribution in [3.8, 4) is 5.75 Å². The molecule has 7 rings (SSSR count). The summed E-state index contributed by atoms with van der Waals surface area (Å²) in [4.78, 5) is 49.7. The highest BCUT2D eigenvalue weighted by Gasteiger charge is 2.76. The molecule has 9 heteroatoms. The zero-order valence-corrected chi connectivity index (χ0v) is 26.6. The molecule has 242 valence electrons. The van der Waals surface area contributed by atoms with Gasteiger partial charge < -0.3 is 29.3 Å². The van der Waals surface area contributed by atoms with Gasteiger partial charge in [0.15, 0.2) is 0 Å². The first kappa shape index (κ1) is 30.9. The minimum absolute atomic E-state index is 0.186. The molecule has 1 N–H and O–H groups in total. The minimum atomic E-state index is -1.45. The Labute approximate surface area is 274 Å². The van der Waals surface area contributed by atoms with Crippen molar-refractivity contribution < 1.29 is 29.0 Å². The Morgan fingerprint density at radius 1 is 0.851 bits per heavy atom. The first-order valence-electron chi connectivity index (χ1n) is 16.2. The maximum Gasteiger partial charge on any atom is 0.253 e. The van der Waals surface area contributed by atoms with Crippen LogP contribution in [0.15, 0.2) is 109 Å². The first-order chi connectivity index (χ1) is 22.9. The molecule has 2 saturated heterocycles. The van der Waals surface area contributed by atoms with E-state index in [9.17, 15) is 14.7 Å². The summed E-state index contributed by atoms with van der Waals surface area (Å²) in [6, 6.07) is 24.2. The van der Waals surface area contributed by atoms with Gasteiger partial charge in [-0.1, -0.05) is 91.9 Å². The van der Waals surface area contributed by atoms with E-state index in [0.29, 0.717) is 36.5 Å². The molecule has 3 aromatic carbocycles. The van der Waals surface area contributed by atoms with E-state index in [1.165, 1.54) is 4.90 Å². The summed E-state index contributed by atoms with van der Waals surface area (Å²) in [5.74, 6) is -2.12. The molecule has 0 bridgehead atoms. The second-order valence-electron chi connectivity index (χ2n) is 12.6. The fraction of sp³-hybridized carbons (Fsp3) is 0.342. The molecule has 4 aliphatic heterocycles. The van der Waals surface area contributed by atoms with Gasteiger partial charge in [-0.3, -0.25) is 14.4 Å². The van der Waals surface area contributed by atoms with Gasteiger partial charge in [-0.2, -0.15) is 0 Å². The van der Waals surface area contributed by atoms with Crippen molar-refractivity contribution in [2.45, 2.75) is 43.2 Å². The normalized spacial score (nSPS) is 28.9. The summed E-state index contributed by atoms with van der Waals surface area (Å²) in [5, 5.41) is 10.9. The van der Waals surface area contributed by atoms with Crippen molar-refractivity contribution in [3.63, 3.8) is 0 Å². The molecular weight excluding hydrogens is 594 g/mol. The van der Waals surface area contributed by atoms with Crippen LogP contribution >= 0.6 is 0 Å². The average molecular weight is 634 g/mol. The van der Waals surface area contributed by atoms with E-state index in [2.05, 4.69) is 0 Å². The Morgan fingerprint density at radius 3 is 2.19 bits per heavy atom. The first-order valence-corrected chi connectivity index (χ1v) is 16.2. The number of nitrogens with zero attached hydrogens (tertiary/aromatic N) is 3. The van der Waals surface area contributed by atoms with Crippen LogP contribution in [-0.4, -0.2) is 76.7 Å². The maximum absolute atomic E-state index is 15.1. The molecule has 3 amide bonds. The Bertz CT molecular complexity index is 1710. The molecule has 0 radical (unpaired) electrons. The topological polar surface area (TPSA) is 99.6 Å². The van der Waals surface area contributed by atoms with Crippen molar-refractivity contribution in [1.82, 2.24) is 9.80 Å². The Morgan fingerprint density at radius 2 is 1.53 bits per heavy atom. The van der Waals surface area contributed by atoms with Crippen LogP contribution < -0.4 is 9.64 Å². The fourth-order valence-electron chi connectivity index (χ4n) is 8.06. The monoisotopic (exact) mass is 633 g/mol. The lowest BCUT2D eigenvalue weighted by Crippen LogP contribution is -2.57. The summed E-state index contributed by atoms with van der Waals surface area (Å²) in [6.45, 7) is 2.54. The number of likely N-dealkylation sites (tertiary alicyclic amines) is 1. The average Bonchev–Trinajstić information content (AvgIpc) is 3.40. The van der Waals surface area contributed by atoms with Gasteiger partial charge in [0.2, 0.25) is 11.8 Å². The van der Waals surface area contributed by atoms with E-state index < -0.39 is 41.7 Å². The van der Waals surface area contributed by atoms with E-state index in [-0.39, 0.29) is 24.3 Å². The van der Waals surface area contributed by atoms with Crippen LogP contribution in [0.3, 0.4) is 0 Å².